The second kappa shape index (κ2) is 8.07. The molecule has 26 heavy (non-hydrogen) atoms. The smallest absolute Gasteiger partial charge is 0.338 e. The maximum atomic E-state index is 12.1. The third kappa shape index (κ3) is 4.25. The summed E-state index contributed by atoms with van der Waals surface area (Å²) in [6.45, 7) is 4.10. The highest BCUT2D eigenvalue weighted by molar-refractivity contribution is 5.91. The van der Waals surface area contributed by atoms with Crippen molar-refractivity contribution in [3.05, 3.63) is 36.2 Å². The van der Waals surface area contributed by atoms with E-state index in [0.29, 0.717) is 17.4 Å². The Morgan fingerprint density at radius 3 is 2.69 bits per heavy atom. The monoisotopic (exact) mass is 357 g/mol. The number of benzene rings is 1. The number of hydrogen-bond acceptors (Lipinski definition) is 6. The lowest BCUT2D eigenvalue weighted by Crippen LogP contribution is -2.45. The van der Waals surface area contributed by atoms with E-state index in [0.717, 1.165) is 18.5 Å². The van der Waals surface area contributed by atoms with E-state index < -0.39 is 5.97 Å². The summed E-state index contributed by atoms with van der Waals surface area (Å²) >= 11 is 0. The summed E-state index contributed by atoms with van der Waals surface area (Å²) in [5.74, 6) is 0.237. The van der Waals surface area contributed by atoms with Gasteiger partial charge in [0, 0.05) is 6.04 Å². The Kier molecular flexibility index (Phi) is 5.60. The largest absolute Gasteiger partial charge is 0.452 e. The van der Waals surface area contributed by atoms with Gasteiger partial charge in [0.2, 0.25) is 0 Å². The number of nitrogens with one attached hydrogen (secondary N) is 1. The first-order valence-electron chi connectivity index (χ1n) is 8.84. The Balaban J connectivity index is 1.49. The minimum absolute atomic E-state index is 0.153. The van der Waals surface area contributed by atoms with Gasteiger partial charge in [0.1, 0.15) is 6.33 Å². The summed E-state index contributed by atoms with van der Waals surface area (Å²) in [5.41, 5.74) is 1.10. The average molecular weight is 357 g/mol. The number of rotatable bonds is 5. The molecule has 8 heteroatoms. The lowest BCUT2D eigenvalue weighted by Gasteiger charge is -2.34. The summed E-state index contributed by atoms with van der Waals surface area (Å²) in [5, 5.41) is 13.9. The van der Waals surface area contributed by atoms with E-state index in [2.05, 4.69) is 34.7 Å². The fraction of sp³-hybridized carbons (Fsp3) is 0.500. The van der Waals surface area contributed by atoms with Crippen LogP contribution in [0.5, 0.6) is 0 Å². The van der Waals surface area contributed by atoms with Crippen LogP contribution in [-0.4, -0.2) is 44.7 Å². The average Bonchev–Trinajstić information content (AvgIpc) is 3.18. The van der Waals surface area contributed by atoms with Crippen LogP contribution in [0.25, 0.3) is 5.69 Å². The van der Waals surface area contributed by atoms with Crippen LogP contribution in [0.1, 0.15) is 43.5 Å². The highest BCUT2D eigenvalue weighted by atomic mass is 16.5. The Morgan fingerprint density at radius 1 is 1.23 bits per heavy atom. The fourth-order valence-corrected chi connectivity index (χ4v) is 3.28. The van der Waals surface area contributed by atoms with Crippen LogP contribution in [0.2, 0.25) is 0 Å². The van der Waals surface area contributed by atoms with Gasteiger partial charge in [0.25, 0.3) is 5.91 Å². The van der Waals surface area contributed by atoms with E-state index in [1.807, 2.05) is 0 Å². The Bertz CT molecular complexity index is 745. The standard InChI is InChI=1S/C18H23N5O3/c1-12-4-3-5-16(13(12)2)20-17(24)10-26-18(25)14-6-8-15(9-7-14)23-11-19-21-22-23/h6-9,11-13,16H,3-5,10H2,1-2H3,(H,20,24)/t12-,13+,16+/m1/s1. The normalized spacial score (nSPS) is 22.6. The van der Waals surface area contributed by atoms with E-state index in [-0.39, 0.29) is 18.6 Å². The number of ether oxygens (including phenoxy) is 1. The number of carbonyl (C=O) groups is 2. The van der Waals surface area contributed by atoms with Gasteiger partial charge in [-0.1, -0.05) is 26.7 Å². The highest BCUT2D eigenvalue weighted by Gasteiger charge is 2.28. The van der Waals surface area contributed by atoms with E-state index in [9.17, 15) is 9.59 Å². The first-order chi connectivity index (χ1) is 12.5. The van der Waals surface area contributed by atoms with Crippen molar-refractivity contribution >= 4 is 11.9 Å². The van der Waals surface area contributed by atoms with Gasteiger partial charge < -0.3 is 10.1 Å². The molecule has 3 atom stereocenters. The molecule has 2 aromatic rings. The molecule has 8 nitrogen and oxygen atoms in total. The number of tetrazole rings is 1. The quantitative estimate of drug-likeness (QED) is 0.819. The highest BCUT2D eigenvalue weighted by Crippen LogP contribution is 2.29. The van der Waals surface area contributed by atoms with Crippen molar-refractivity contribution < 1.29 is 14.3 Å². The van der Waals surface area contributed by atoms with Crippen molar-refractivity contribution in [1.82, 2.24) is 25.5 Å². The Hall–Kier alpha value is -2.77. The lowest BCUT2D eigenvalue weighted by molar-refractivity contribution is -0.125. The zero-order chi connectivity index (χ0) is 18.5. The molecule has 1 amide bonds. The van der Waals surface area contributed by atoms with Gasteiger partial charge >= 0.3 is 5.97 Å². The van der Waals surface area contributed by atoms with Gasteiger partial charge in [-0.2, -0.15) is 0 Å². The number of aromatic nitrogens is 4. The molecular weight excluding hydrogens is 334 g/mol. The summed E-state index contributed by atoms with van der Waals surface area (Å²) in [6, 6.07) is 6.79. The summed E-state index contributed by atoms with van der Waals surface area (Å²) < 4.78 is 6.61. The number of esters is 1. The molecule has 1 aliphatic carbocycles. The van der Waals surface area contributed by atoms with Crippen LogP contribution < -0.4 is 5.32 Å². The third-order valence-corrected chi connectivity index (χ3v) is 5.10. The van der Waals surface area contributed by atoms with Gasteiger partial charge in [-0.15, -0.1) is 5.10 Å². The van der Waals surface area contributed by atoms with Gasteiger partial charge in [0.05, 0.1) is 11.3 Å². The first kappa shape index (κ1) is 18.0. The van der Waals surface area contributed by atoms with Gasteiger partial charge in [-0.05, 0) is 52.9 Å². The SMILES string of the molecule is C[C@H]1[C@H](C)CCC[C@@H]1NC(=O)COC(=O)c1ccc(-n2cnnn2)cc1. The van der Waals surface area contributed by atoms with Crippen LogP contribution in [0.4, 0.5) is 0 Å². The Labute approximate surface area is 151 Å². The molecule has 1 fully saturated rings. The molecule has 1 saturated carbocycles. The lowest BCUT2D eigenvalue weighted by atomic mass is 9.78. The van der Waals surface area contributed by atoms with Crippen LogP contribution >= 0.6 is 0 Å². The van der Waals surface area contributed by atoms with Crippen LogP contribution in [0, 0.1) is 11.8 Å². The van der Waals surface area contributed by atoms with Crippen molar-refractivity contribution in [2.75, 3.05) is 6.61 Å². The molecule has 0 unspecified atom stereocenters. The van der Waals surface area contributed by atoms with Gasteiger partial charge in [0.15, 0.2) is 6.61 Å². The molecule has 1 aromatic heterocycles. The zero-order valence-corrected chi connectivity index (χ0v) is 15.0. The number of hydrogen-bond donors (Lipinski definition) is 1. The molecule has 0 radical (unpaired) electrons. The molecule has 0 aliphatic heterocycles. The van der Waals surface area contributed by atoms with Crippen molar-refractivity contribution in [3.8, 4) is 5.69 Å². The van der Waals surface area contributed by atoms with Crippen LogP contribution in [0.3, 0.4) is 0 Å². The molecule has 1 heterocycles. The minimum atomic E-state index is -0.534. The molecule has 0 spiro atoms. The molecular formula is C18H23N5O3. The number of amides is 1. The topological polar surface area (TPSA) is 99.0 Å². The second-order valence-corrected chi connectivity index (χ2v) is 6.82. The molecule has 0 saturated heterocycles. The molecule has 3 rings (SSSR count). The molecule has 0 bridgehead atoms. The van der Waals surface area contributed by atoms with E-state index in [4.69, 9.17) is 4.74 Å². The fourth-order valence-electron chi connectivity index (χ4n) is 3.28. The van der Waals surface area contributed by atoms with Crippen molar-refractivity contribution in [3.63, 3.8) is 0 Å². The number of nitrogens with zero attached hydrogens (tertiary/aromatic N) is 4. The predicted molar refractivity (Wildman–Crippen MR) is 93.5 cm³/mol. The van der Waals surface area contributed by atoms with Crippen LogP contribution in [-0.2, 0) is 9.53 Å². The molecule has 1 aromatic carbocycles. The summed E-state index contributed by atoms with van der Waals surface area (Å²) in [7, 11) is 0. The van der Waals surface area contributed by atoms with Gasteiger partial charge in [-0.3, -0.25) is 4.79 Å². The third-order valence-electron chi connectivity index (χ3n) is 5.10. The molecule has 1 aliphatic rings. The minimum Gasteiger partial charge on any atom is -0.452 e. The Morgan fingerprint density at radius 2 is 2.00 bits per heavy atom. The van der Waals surface area contributed by atoms with Crippen molar-refractivity contribution in [2.24, 2.45) is 11.8 Å². The summed E-state index contributed by atoms with van der Waals surface area (Å²) in [4.78, 5) is 24.2. The van der Waals surface area contributed by atoms with E-state index >= 15 is 0 Å². The van der Waals surface area contributed by atoms with Gasteiger partial charge in [-0.25, -0.2) is 9.48 Å². The van der Waals surface area contributed by atoms with Crippen molar-refractivity contribution in [1.29, 1.82) is 0 Å². The first-order valence-corrected chi connectivity index (χ1v) is 8.84. The van der Waals surface area contributed by atoms with Crippen molar-refractivity contribution in [2.45, 2.75) is 39.2 Å². The van der Waals surface area contributed by atoms with E-state index in [1.54, 1.807) is 24.3 Å². The summed E-state index contributed by atoms with van der Waals surface area (Å²) in [6.07, 6.45) is 4.75. The second-order valence-electron chi connectivity index (χ2n) is 6.82. The molecule has 138 valence electrons. The van der Waals surface area contributed by atoms with Crippen LogP contribution in [0.15, 0.2) is 30.6 Å². The van der Waals surface area contributed by atoms with E-state index in [1.165, 1.54) is 17.4 Å². The zero-order valence-electron chi connectivity index (χ0n) is 15.0. The molecule has 1 N–H and O–H groups in total. The maximum Gasteiger partial charge on any atom is 0.338 e. The maximum absolute atomic E-state index is 12.1. The number of carbonyl (C=O) groups excluding carboxylic acids is 2. The predicted octanol–water partition coefficient (Wildman–Crippen LogP) is 1.76.